The van der Waals surface area contributed by atoms with Crippen LogP contribution in [0.5, 0.6) is 0 Å². The summed E-state index contributed by atoms with van der Waals surface area (Å²) in [6, 6.07) is 6.34. The fourth-order valence-corrected chi connectivity index (χ4v) is 2.46. The third-order valence-corrected chi connectivity index (χ3v) is 3.46. The first-order valence-corrected chi connectivity index (χ1v) is 6.94. The molecule has 2 heterocycles. The first-order valence-electron chi connectivity index (χ1n) is 6.94. The van der Waals surface area contributed by atoms with Crippen molar-refractivity contribution < 1.29 is 9.15 Å². The number of ether oxygens (including phenoxy) is 1. The lowest BCUT2D eigenvalue weighted by atomic mass is 10.3. The van der Waals surface area contributed by atoms with Crippen molar-refractivity contribution in [1.29, 1.82) is 0 Å². The molecule has 0 amide bonds. The number of nitrogens with two attached hydrogens (primary N) is 1. The van der Waals surface area contributed by atoms with E-state index in [4.69, 9.17) is 14.9 Å². The van der Waals surface area contributed by atoms with E-state index in [2.05, 4.69) is 22.1 Å². The first kappa shape index (κ1) is 13.2. The Kier molecular flexibility index (Phi) is 3.75. The van der Waals surface area contributed by atoms with Gasteiger partial charge >= 0.3 is 0 Å². The van der Waals surface area contributed by atoms with Gasteiger partial charge in [-0.25, -0.2) is 0 Å². The van der Waals surface area contributed by atoms with Crippen LogP contribution in [-0.4, -0.2) is 48.8 Å². The number of benzene rings is 1. The van der Waals surface area contributed by atoms with E-state index in [-0.39, 0.29) is 6.04 Å². The van der Waals surface area contributed by atoms with Gasteiger partial charge in [0, 0.05) is 25.7 Å². The van der Waals surface area contributed by atoms with Crippen LogP contribution in [0.3, 0.4) is 0 Å². The zero-order valence-corrected chi connectivity index (χ0v) is 11.6. The van der Waals surface area contributed by atoms with Gasteiger partial charge in [0.1, 0.15) is 5.52 Å². The van der Waals surface area contributed by atoms with Crippen molar-refractivity contribution in [3.63, 3.8) is 0 Å². The number of hydrogen-bond donors (Lipinski definition) is 2. The van der Waals surface area contributed by atoms with Gasteiger partial charge in [0.15, 0.2) is 5.58 Å². The van der Waals surface area contributed by atoms with Gasteiger partial charge in [0.2, 0.25) is 0 Å². The molecule has 3 rings (SSSR count). The number of nitrogens with zero attached hydrogens (tertiary/aromatic N) is 2. The maximum absolute atomic E-state index is 5.88. The Hall–Kier alpha value is -1.79. The highest BCUT2D eigenvalue weighted by Gasteiger charge is 2.15. The second-order valence-corrected chi connectivity index (χ2v) is 5.17. The van der Waals surface area contributed by atoms with E-state index in [1.165, 1.54) is 0 Å². The van der Waals surface area contributed by atoms with E-state index in [0.29, 0.717) is 22.8 Å². The number of oxazole rings is 1. The van der Waals surface area contributed by atoms with Gasteiger partial charge in [-0.05, 0) is 19.1 Å². The number of rotatable bonds is 4. The third-order valence-electron chi connectivity index (χ3n) is 3.46. The predicted molar refractivity (Wildman–Crippen MR) is 78.8 cm³/mol. The van der Waals surface area contributed by atoms with Gasteiger partial charge in [-0.1, -0.05) is 6.07 Å². The quantitative estimate of drug-likeness (QED) is 0.825. The molecular weight excluding hydrogens is 256 g/mol. The highest BCUT2D eigenvalue weighted by atomic mass is 16.5. The van der Waals surface area contributed by atoms with Crippen molar-refractivity contribution >= 4 is 22.8 Å². The first-order chi connectivity index (χ1) is 9.72. The summed E-state index contributed by atoms with van der Waals surface area (Å²) in [6.45, 7) is 6.64. The fourth-order valence-electron chi connectivity index (χ4n) is 2.46. The maximum Gasteiger partial charge on any atom is 0.296 e. The van der Waals surface area contributed by atoms with Gasteiger partial charge in [-0.2, -0.15) is 4.98 Å². The highest BCUT2D eigenvalue weighted by Crippen LogP contribution is 2.23. The smallest absolute Gasteiger partial charge is 0.296 e. The third kappa shape index (κ3) is 2.86. The molecule has 1 aromatic heterocycles. The lowest BCUT2D eigenvalue weighted by molar-refractivity contribution is 0.0367. The van der Waals surface area contributed by atoms with Gasteiger partial charge in [-0.3, -0.25) is 4.90 Å². The molecule has 0 spiro atoms. The van der Waals surface area contributed by atoms with E-state index in [0.717, 1.165) is 32.8 Å². The molecule has 1 unspecified atom stereocenters. The summed E-state index contributed by atoms with van der Waals surface area (Å²) >= 11 is 0. The van der Waals surface area contributed by atoms with E-state index < -0.39 is 0 Å². The molecule has 6 nitrogen and oxygen atoms in total. The summed E-state index contributed by atoms with van der Waals surface area (Å²) in [7, 11) is 0. The number of para-hydroxylation sites is 1. The number of aromatic nitrogens is 1. The molecule has 1 atom stereocenters. The van der Waals surface area contributed by atoms with Crippen molar-refractivity contribution in [2.75, 3.05) is 43.9 Å². The van der Waals surface area contributed by atoms with Gasteiger partial charge < -0.3 is 20.2 Å². The Morgan fingerprint density at radius 3 is 2.95 bits per heavy atom. The van der Waals surface area contributed by atoms with Crippen LogP contribution >= 0.6 is 0 Å². The van der Waals surface area contributed by atoms with Crippen molar-refractivity contribution in [3.8, 4) is 0 Å². The van der Waals surface area contributed by atoms with Crippen LogP contribution in [0, 0.1) is 0 Å². The Morgan fingerprint density at radius 1 is 1.40 bits per heavy atom. The molecule has 1 aliphatic rings. The minimum atomic E-state index is 0.252. The summed E-state index contributed by atoms with van der Waals surface area (Å²) in [5.41, 5.74) is 7.95. The standard InChI is InChI=1S/C14H20N4O2/c1-10(9-18-5-7-19-8-6-18)16-14-17-13-11(15)3-2-4-12(13)20-14/h2-4,10H,5-9,15H2,1H3,(H,16,17). The molecule has 3 N–H and O–H groups in total. The van der Waals surface area contributed by atoms with E-state index >= 15 is 0 Å². The van der Waals surface area contributed by atoms with E-state index in [1.54, 1.807) is 0 Å². The molecule has 108 valence electrons. The normalized spacial score (nSPS) is 18.2. The average Bonchev–Trinajstić information content (AvgIpc) is 2.83. The van der Waals surface area contributed by atoms with Gasteiger partial charge in [0.25, 0.3) is 6.01 Å². The molecule has 0 bridgehead atoms. The van der Waals surface area contributed by atoms with E-state index in [9.17, 15) is 0 Å². The molecular formula is C14H20N4O2. The largest absolute Gasteiger partial charge is 0.423 e. The van der Waals surface area contributed by atoms with Crippen LogP contribution in [0.4, 0.5) is 11.7 Å². The molecule has 20 heavy (non-hydrogen) atoms. The van der Waals surface area contributed by atoms with Crippen LogP contribution in [-0.2, 0) is 4.74 Å². The summed E-state index contributed by atoms with van der Waals surface area (Å²) in [5.74, 6) is 0. The van der Waals surface area contributed by atoms with Gasteiger partial charge in [-0.15, -0.1) is 0 Å². The number of hydrogen-bond acceptors (Lipinski definition) is 6. The molecule has 0 aliphatic carbocycles. The fraction of sp³-hybridized carbons (Fsp3) is 0.500. The van der Waals surface area contributed by atoms with E-state index in [1.807, 2.05) is 18.2 Å². The SMILES string of the molecule is CC(CN1CCOCC1)Nc1nc2c(N)cccc2o1. The zero-order valence-electron chi connectivity index (χ0n) is 11.6. The lowest BCUT2D eigenvalue weighted by Gasteiger charge is -2.29. The summed E-state index contributed by atoms with van der Waals surface area (Å²) in [5, 5.41) is 3.29. The number of nitrogen functional groups attached to an aromatic ring is 1. The van der Waals surface area contributed by atoms with Crippen molar-refractivity contribution in [2.24, 2.45) is 0 Å². The molecule has 6 heteroatoms. The molecule has 2 aromatic rings. The topological polar surface area (TPSA) is 76.5 Å². The molecule has 0 saturated carbocycles. The molecule has 0 radical (unpaired) electrons. The van der Waals surface area contributed by atoms with Crippen molar-refractivity contribution in [2.45, 2.75) is 13.0 Å². The molecule has 1 saturated heterocycles. The van der Waals surface area contributed by atoms with Gasteiger partial charge in [0.05, 0.1) is 18.9 Å². The average molecular weight is 276 g/mol. The van der Waals surface area contributed by atoms with Crippen molar-refractivity contribution in [1.82, 2.24) is 9.88 Å². The second kappa shape index (κ2) is 5.68. The summed E-state index contributed by atoms with van der Waals surface area (Å²) < 4.78 is 11.0. The minimum absolute atomic E-state index is 0.252. The van der Waals surface area contributed by atoms with Crippen molar-refractivity contribution in [3.05, 3.63) is 18.2 Å². The lowest BCUT2D eigenvalue weighted by Crippen LogP contribution is -2.42. The Labute approximate surface area is 117 Å². The van der Waals surface area contributed by atoms with Crippen LogP contribution in [0.1, 0.15) is 6.92 Å². The minimum Gasteiger partial charge on any atom is -0.423 e. The number of anilines is 2. The van der Waals surface area contributed by atoms with Crippen LogP contribution in [0.2, 0.25) is 0 Å². The Morgan fingerprint density at radius 2 is 2.20 bits per heavy atom. The predicted octanol–water partition coefficient (Wildman–Crippen LogP) is 1.54. The number of nitrogens with one attached hydrogen (secondary N) is 1. The summed E-state index contributed by atoms with van der Waals surface area (Å²) in [4.78, 5) is 6.77. The Balaban J connectivity index is 1.64. The monoisotopic (exact) mass is 276 g/mol. The van der Waals surface area contributed by atoms with Crippen LogP contribution in [0.15, 0.2) is 22.6 Å². The Bertz CT molecular complexity index is 578. The molecule has 1 fully saturated rings. The number of morpholine rings is 1. The maximum atomic E-state index is 5.88. The molecule has 1 aliphatic heterocycles. The van der Waals surface area contributed by atoms with Crippen LogP contribution in [0.25, 0.3) is 11.1 Å². The zero-order chi connectivity index (χ0) is 13.9. The highest BCUT2D eigenvalue weighted by molar-refractivity contribution is 5.86. The number of fused-ring (bicyclic) bond motifs is 1. The molecule has 1 aromatic carbocycles. The second-order valence-electron chi connectivity index (χ2n) is 5.17. The van der Waals surface area contributed by atoms with Crippen LogP contribution < -0.4 is 11.1 Å². The summed E-state index contributed by atoms with van der Waals surface area (Å²) in [6.07, 6.45) is 0.